The number of imidazole rings is 1. The number of nitrogens with zero attached hydrogens (tertiary/aromatic N) is 1. The molecule has 0 spiro atoms. The Balaban J connectivity index is 1.58. The number of hydrogen-bond acceptors (Lipinski definition) is 4. The maximum Gasteiger partial charge on any atom is 0.419 e. The van der Waals surface area contributed by atoms with Crippen LogP contribution in [0.4, 0.5) is 17.6 Å². The maximum absolute atomic E-state index is 14.4. The van der Waals surface area contributed by atoms with E-state index in [-0.39, 0.29) is 29.4 Å². The Morgan fingerprint density at radius 3 is 2.20 bits per heavy atom. The number of nitrogens with one attached hydrogen (secondary N) is 1. The summed E-state index contributed by atoms with van der Waals surface area (Å²) in [5.41, 5.74) is 5.66. The van der Waals surface area contributed by atoms with Crippen molar-refractivity contribution in [3.63, 3.8) is 0 Å². The molecule has 0 aliphatic heterocycles. The van der Waals surface area contributed by atoms with Crippen LogP contribution >= 0.6 is 0 Å². The first-order valence-electron chi connectivity index (χ1n) is 10.7. The van der Waals surface area contributed by atoms with Crippen molar-refractivity contribution in [2.45, 2.75) is 25.2 Å². The van der Waals surface area contributed by atoms with Crippen LogP contribution in [0.25, 0.3) is 22.4 Å². The summed E-state index contributed by atoms with van der Waals surface area (Å²) in [6.07, 6.45) is -4.74. The zero-order chi connectivity index (χ0) is 25.2. The van der Waals surface area contributed by atoms with Crippen LogP contribution in [0.1, 0.15) is 23.9 Å². The SMILES string of the molecule is C[C@](N)(CO)c1nc(-c2ccc(OCc3ccc(-c4ccccc4)cc3)c(C(F)(F)F)c2)c(F)[nH]1. The molecule has 1 aromatic heterocycles. The summed E-state index contributed by atoms with van der Waals surface area (Å²) in [5, 5.41) is 9.36. The van der Waals surface area contributed by atoms with Crippen molar-refractivity contribution < 1.29 is 27.4 Å². The molecule has 0 unspecified atom stereocenters. The van der Waals surface area contributed by atoms with Crippen LogP contribution in [0.2, 0.25) is 0 Å². The monoisotopic (exact) mass is 485 g/mol. The molecule has 0 saturated carbocycles. The Bertz CT molecular complexity index is 1300. The van der Waals surface area contributed by atoms with Gasteiger partial charge in [-0.2, -0.15) is 17.6 Å². The van der Waals surface area contributed by atoms with Crippen LogP contribution in [0, 0.1) is 5.95 Å². The lowest BCUT2D eigenvalue weighted by molar-refractivity contribution is -0.139. The summed E-state index contributed by atoms with van der Waals surface area (Å²) in [7, 11) is 0. The quantitative estimate of drug-likeness (QED) is 0.296. The molecule has 0 amide bonds. The van der Waals surface area contributed by atoms with Gasteiger partial charge in [-0.05, 0) is 41.8 Å². The zero-order valence-electron chi connectivity index (χ0n) is 18.7. The number of benzene rings is 3. The molecule has 9 heteroatoms. The molecular formula is C26H23F4N3O2. The van der Waals surface area contributed by atoms with Crippen molar-refractivity contribution in [3.05, 3.63) is 95.7 Å². The van der Waals surface area contributed by atoms with Crippen molar-refractivity contribution in [1.29, 1.82) is 0 Å². The minimum Gasteiger partial charge on any atom is -0.488 e. The van der Waals surface area contributed by atoms with Crippen LogP contribution in [-0.2, 0) is 18.3 Å². The lowest BCUT2D eigenvalue weighted by Gasteiger charge is -2.18. The minimum atomic E-state index is -4.74. The Morgan fingerprint density at radius 2 is 1.57 bits per heavy atom. The molecule has 35 heavy (non-hydrogen) atoms. The van der Waals surface area contributed by atoms with Gasteiger partial charge in [-0.1, -0.05) is 54.6 Å². The highest BCUT2D eigenvalue weighted by molar-refractivity contribution is 5.64. The molecule has 0 radical (unpaired) electrons. The number of nitrogens with two attached hydrogens (primary N) is 1. The summed E-state index contributed by atoms with van der Waals surface area (Å²) in [4.78, 5) is 6.27. The third kappa shape index (κ3) is 5.36. The van der Waals surface area contributed by atoms with Gasteiger partial charge in [-0.3, -0.25) is 0 Å². The number of aromatic amines is 1. The van der Waals surface area contributed by atoms with Gasteiger partial charge >= 0.3 is 6.18 Å². The second-order valence-electron chi connectivity index (χ2n) is 8.38. The van der Waals surface area contributed by atoms with E-state index in [1.54, 1.807) is 12.1 Å². The molecule has 0 aliphatic carbocycles. The number of ether oxygens (including phenoxy) is 1. The zero-order valence-corrected chi connectivity index (χ0v) is 18.7. The highest BCUT2D eigenvalue weighted by atomic mass is 19.4. The third-order valence-electron chi connectivity index (χ3n) is 5.54. The normalized spacial score (nSPS) is 13.5. The summed E-state index contributed by atoms with van der Waals surface area (Å²) in [5.74, 6) is -1.42. The first-order valence-corrected chi connectivity index (χ1v) is 10.7. The molecule has 5 nitrogen and oxygen atoms in total. The van der Waals surface area contributed by atoms with E-state index in [0.29, 0.717) is 5.56 Å². The van der Waals surface area contributed by atoms with E-state index in [2.05, 4.69) is 9.97 Å². The number of H-pyrrole nitrogens is 1. The molecule has 0 saturated heterocycles. The second kappa shape index (κ2) is 9.52. The molecule has 4 rings (SSSR count). The molecule has 0 fully saturated rings. The smallest absolute Gasteiger partial charge is 0.419 e. The van der Waals surface area contributed by atoms with Gasteiger partial charge in [-0.15, -0.1) is 0 Å². The minimum absolute atomic E-state index is 0.0829. The van der Waals surface area contributed by atoms with Gasteiger partial charge in [0.05, 0.1) is 17.7 Å². The molecule has 4 aromatic rings. The van der Waals surface area contributed by atoms with Gasteiger partial charge in [0.15, 0.2) is 0 Å². The van der Waals surface area contributed by atoms with E-state index in [4.69, 9.17) is 10.5 Å². The van der Waals surface area contributed by atoms with Gasteiger partial charge in [0.2, 0.25) is 5.95 Å². The standard InChI is InChI=1S/C26H23F4N3O2/c1-25(31,15-34)24-32-22(23(27)33-24)19-11-12-21(20(13-19)26(28,29)30)35-14-16-7-9-18(10-8-16)17-5-3-2-4-6-17/h2-13,34H,14-15,31H2,1H3,(H,32,33)/t25-/m0/s1. The van der Waals surface area contributed by atoms with Crippen LogP contribution in [-0.4, -0.2) is 21.7 Å². The summed E-state index contributed by atoms with van der Waals surface area (Å²) < 4.78 is 61.4. The topological polar surface area (TPSA) is 84.2 Å². The van der Waals surface area contributed by atoms with E-state index in [1.165, 1.54) is 13.0 Å². The Labute approximate surface area is 199 Å². The van der Waals surface area contributed by atoms with E-state index < -0.39 is 29.8 Å². The predicted molar refractivity (Wildman–Crippen MR) is 124 cm³/mol. The second-order valence-corrected chi connectivity index (χ2v) is 8.38. The van der Waals surface area contributed by atoms with E-state index in [1.807, 2.05) is 42.5 Å². The van der Waals surface area contributed by atoms with Crippen LogP contribution in [0.5, 0.6) is 5.75 Å². The molecule has 1 heterocycles. The first-order chi connectivity index (χ1) is 16.6. The largest absolute Gasteiger partial charge is 0.488 e. The van der Waals surface area contributed by atoms with Crippen LogP contribution in [0.3, 0.4) is 0 Å². The number of rotatable bonds is 7. The molecule has 3 aromatic carbocycles. The Kier molecular flexibility index (Phi) is 6.64. The highest BCUT2D eigenvalue weighted by Crippen LogP contribution is 2.39. The highest BCUT2D eigenvalue weighted by Gasteiger charge is 2.35. The van der Waals surface area contributed by atoms with E-state index in [9.17, 15) is 22.7 Å². The summed E-state index contributed by atoms with van der Waals surface area (Å²) >= 11 is 0. The third-order valence-corrected chi connectivity index (χ3v) is 5.54. The number of alkyl halides is 3. The van der Waals surface area contributed by atoms with Gasteiger partial charge in [0, 0.05) is 5.56 Å². The van der Waals surface area contributed by atoms with Gasteiger partial charge in [-0.25, -0.2) is 4.98 Å². The molecule has 1 atom stereocenters. The van der Waals surface area contributed by atoms with Gasteiger partial charge in [0.1, 0.15) is 23.9 Å². The average Bonchev–Trinajstić information content (AvgIpc) is 3.25. The van der Waals surface area contributed by atoms with Crippen molar-refractivity contribution in [3.8, 4) is 28.1 Å². The Morgan fingerprint density at radius 1 is 0.943 bits per heavy atom. The van der Waals surface area contributed by atoms with Crippen molar-refractivity contribution in [2.24, 2.45) is 5.73 Å². The summed E-state index contributed by atoms with van der Waals surface area (Å²) in [6, 6.07) is 20.2. The fourth-order valence-corrected chi connectivity index (χ4v) is 3.50. The molecular weight excluding hydrogens is 462 g/mol. The number of halogens is 4. The van der Waals surface area contributed by atoms with E-state index in [0.717, 1.165) is 23.3 Å². The van der Waals surface area contributed by atoms with E-state index >= 15 is 0 Å². The van der Waals surface area contributed by atoms with Crippen molar-refractivity contribution in [2.75, 3.05) is 6.61 Å². The number of aliphatic hydroxyl groups excluding tert-OH is 1. The number of aliphatic hydroxyl groups is 1. The van der Waals surface area contributed by atoms with Gasteiger partial charge in [0.25, 0.3) is 0 Å². The molecule has 182 valence electrons. The molecule has 4 N–H and O–H groups in total. The Hall–Kier alpha value is -3.69. The summed E-state index contributed by atoms with van der Waals surface area (Å²) in [6.45, 7) is 0.798. The predicted octanol–water partition coefficient (Wildman–Crippen LogP) is 5.65. The van der Waals surface area contributed by atoms with Crippen LogP contribution < -0.4 is 10.5 Å². The molecule has 0 bridgehead atoms. The fourth-order valence-electron chi connectivity index (χ4n) is 3.50. The van der Waals surface area contributed by atoms with Crippen molar-refractivity contribution >= 4 is 0 Å². The lowest BCUT2D eigenvalue weighted by Crippen LogP contribution is -2.38. The lowest BCUT2D eigenvalue weighted by atomic mass is 10.0. The van der Waals surface area contributed by atoms with Gasteiger partial charge < -0.3 is 20.6 Å². The number of hydrogen-bond donors (Lipinski definition) is 3. The average molecular weight is 485 g/mol. The fraction of sp³-hybridized carbons (Fsp3) is 0.192. The molecule has 0 aliphatic rings. The maximum atomic E-state index is 14.4. The van der Waals surface area contributed by atoms with Crippen LogP contribution in [0.15, 0.2) is 72.8 Å². The number of aromatic nitrogens is 2. The van der Waals surface area contributed by atoms with Crippen molar-refractivity contribution in [1.82, 2.24) is 9.97 Å². The first kappa shape index (κ1) is 24.4.